The minimum absolute atomic E-state index is 0.179. The van der Waals surface area contributed by atoms with Crippen molar-refractivity contribution in [3.05, 3.63) is 24.3 Å². The normalized spacial score (nSPS) is 24.2. The Balaban J connectivity index is 2.31. The molecule has 0 radical (unpaired) electrons. The van der Waals surface area contributed by atoms with Gasteiger partial charge in [-0.1, -0.05) is 37.7 Å². The van der Waals surface area contributed by atoms with Gasteiger partial charge in [-0.3, -0.25) is 4.57 Å². The third kappa shape index (κ3) is 1.17. The van der Waals surface area contributed by atoms with E-state index in [1.807, 2.05) is 42.7 Å². The minimum atomic E-state index is -0.796. The van der Waals surface area contributed by atoms with Gasteiger partial charge in [-0.15, -0.1) is 0 Å². The molecule has 2 heterocycles. The Labute approximate surface area is 98.5 Å². The average molecular weight is 234 g/mol. The third-order valence-electron chi connectivity index (χ3n) is 3.26. The van der Waals surface area contributed by atoms with Crippen molar-refractivity contribution >= 4 is 22.8 Å². The lowest BCUT2D eigenvalue weighted by atomic mass is 10.0. The zero-order valence-corrected chi connectivity index (χ0v) is 10.2. The fourth-order valence-electron chi connectivity index (χ4n) is 2.14. The number of thioether (sulfide) groups is 1. The van der Waals surface area contributed by atoms with Crippen LogP contribution in [0.1, 0.15) is 13.8 Å². The maximum atomic E-state index is 10.7. The van der Waals surface area contributed by atoms with Crippen molar-refractivity contribution < 1.29 is 5.11 Å². The first-order chi connectivity index (χ1) is 7.63. The molecule has 1 N–H and O–H groups in total. The molecule has 0 bridgehead atoms. The highest BCUT2D eigenvalue weighted by molar-refractivity contribution is 7.99. The summed E-state index contributed by atoms with van der Waals surface area (Å²) in [5.74, 6) is 0.872. The molecule has 84 valence electrons. The van der Waals surface area contributed by atoms with E-state index >= 15 is 0 Å². The Kier molecular flexibility index (Phi) is 2.06. The molecule has 3 rings (SSSR count). The van der Waals surface area contributed by atoms with E-state index in [1.54, 1.807) is 11.8 Å². The van der Waals surface area contributed by atoms with E-state index in [2.05, 4.69) is 4.98 Å². The van der Waals surface area contributed by atoms with Crippen LogP contribution < -0.4 is 0 Å². The van der Waals surface area contributed by atoms with Crippen LogP contribution in [0.4, 0.5) is 0 Å². The Hall–Kier alpha value is -1.00. The number of aliphatic hydroxyl groups is 1. The maximum absolute atomic E-state index is 10.7. The van der Waals surface area contributed by atoms with E-state index < -0.39 is 5.72 Å². The summed E-state index contributed by atoms with van der Waals surface area (Å²) in [7, 11) is 0. The summed E-state index contributed by atoms with van der Waals surface area (Å²) in [6, 6.07) is 7.97. The van der Waals surface area contributed by atoms with Gasteiger partial charge in [-0.2, -0.15) is 0 Å². The van der Waals surface area contributed by atoms with Crippen LogP contribution in [0.15, 0.2) is 29.4 Å². The van der Waals surface area contributed by atoms with Gasteiger partial charge < -0.3 is 5.11 Å². The highest BCUT2D eigenvalue weighted by Gasteiger charge is 2.41. The fourth-order valence-corrected chi connectivity index (χ4v) is 3.49. The van der Waals surface area contributed by atoms with Gasteiger partial charge in [0.25, 0.3) is 0 Å². The Morgan fingerprint density at radius 1 is 1.44 bits per heavy atom. The summed E-state index contributed by atoms with van der Waals surface area (Å²) in [5, 5.41) is 11.6. The lowest BCUT2D eigenvalue weighted by Gasteiger charge is -2.29. The van der Waals surface area contributed by atoms with Gasteiger partial charge in [-0.25, -0.2) is 4.98 Å². The van der Waals surface area contributed by atoms with Crippen LogP contribution in [0.2, 0.25) is 0 Å². The van der Waals surface area contributed by atoms with Crippen molar-refractivity contribution in [1.29, 1.82) is 0 Å². The van der Waals surface area contributed by atoms with Gasteiger partial charge in [0.2, 0.25) is 0 Å². The largest absolute Gasteiger partial charge is 0.369 e. The molecule has 1 atom stereocenters. The van der Waals surface area contributed by atoms with Crippen molar-refractivity contribution in [2.75, 3.05) is 5.75 Å². The number of nitrogens with zero attached hydrogens (tertiary/aromatic N) is 2. The SMILES string of the molecule is CC(C)C1(O)CSc2nc3ccccc3n21. The van der Waals surface area contributed by atoms with Crippen molar-refractivity contribution in [2.24, 2.45) is 5.92 Å². The quantitative estimate of drug-likeness (QED) is 0.823. The number of hydrogen-bond acceptors (Lipinski definition) is 3. The molecule has 1 unspecified atom stereocenters. The zero-order chi connectivity index (χ0) is 11.3. The lowest BCUT2D eigenvalue weighted by molar-refractivity contribution is -0.0545. The van der Waals surface area contributed by atoms with E-state index in [0.29, 0.717) is 5.75 Å². The van der Waals surface area contributed by atoms with Crippen LogP contribution >= 0.6 is 11.8 Å². The van der Waals surface area contributed by atoms with E-state index in [1.165, 1.54) is 0 Å². The molecule has 1 aliphatic rings. The predicted octanol–water partition coefficient (Wildman–Crippen LogP) is 2.44. The molecular formula is C12H14N2OS. The molecule has 0 saturated carbocycles. The maximum Gasteiger partial charge on any atom is 0.171 e. The predicted molar refractivity (Wildman–Crippen MR) is 65.5 cm³/mol. The lowest BCUT2D eigenvalue weighted by Crippen LogP contribution is -2.38. The topological polar surface area (TPSA) is 38.1 Å². The van der Waals surface area contributed by atoms with Crippen LogP contribution in [0.3, 0.4) is 0 Å². The van der Waals surface area contributed by atoms with Gasteiger partial charge in [0.15, 0.2) is 10.9 Å². The zero-order valence-electron chi connectivity index (χ0n) is 9.34. The number of aromatic nitrogens is 2. The molecule has 2 aromatic rings. The number of benzene rings is 1. The fraction of sp³-hybridized carbons (Fsp3) is 0.417. The van der Waals surface area contributed by atoms with E-state index in [9.17, 15) is 5.11 Å². The molecule has 0 spiro atoms. The first kappa shape index (κ1) is 10.2. The van der Waals surface area contributed by atoms with Crippen LogP contribution in [-0.2, 0) is 5.72 Å². The Bertz CT molecular complexity index is 549. The van der Waals surface area contributed by atoms with Gasteiger partial charge in [0, 0.05) is 11.7 Å². The van der Waals surface area contributed by atoms with Crippen LogP contribution in [-0.4, -0.2) is 20.4 Å². The van der Waals surface area contributed by atoms with Crippen LogP contribution in [0.25, 0.3) is 11.0 Å². The van der Waals surface area contributed by atoms with E-state index in [4.69, 9.17) is 0 Å². The van der Waals surface area contributed by atoms with Crippen molar-refractivity contribution in [3.63, 3.8) is 0 Å². The highest BCUT2D eigenvalue weighted by Crippen LogP contribution is 2.42. The second-order valence-electron chi connectivity index (χ2n) is 4.54. The molecular weight excluding hydrogens is 220 g/mol. The average Bonchev–Trinajstić information content (AvgIpc) is 2.77. The highest BCUT2D eigenvalue weighted by atomic mass is 32.2. The molecule has 0 saturated heterocycles. The number of rotatable bonds is 1. The summed E-state index contributed by atoms with van der Waals surface area (Å²) in [6.45, 7) is 4.09. The summed E-state index contributed by atoms with van der Waals surface area (Å²) in [5.41, 5.74) is 1.19. The van der Waals surface area contributed by atoms with Crippen LogP contribution in [0.5, 0.6) is 0 Å². The smallest absolute Gasteiger partial charge is 0.171 e. The Morgan fingerprint density at radius 3 is 2.94 bits per heavy atom. The van der Waals surface area contributed by atoms with Gasteiger partial charge in [0.1, 0.15) is 0 Å². The number of hydrogen-bond donors (Lipinski definition) is 1. The van der Waals surface area contributed by atoms with E-state index in [0.717, 1.165) is 16.2 Å². The second kappa shape index (κ2) is 3.25. The molecule has 4 heteroatoms. The molecule has 1 aromatic carbocycles. The first-order valence-corrected chi connectivity index (χ1v) is 6.44. The summed E-state index contributed by atoms with van der Waals surface area (Å²) in [4.78, 5) is 4.54. The molecule has 1 aromatic heterocycles. The van der Waals surface area contributed by atoms with Gasteiger partial charge in [-0.05, 0) is 12.1 Å². The number of fused-ring (bicyclic) bond motifs is 3. The molecule has 1 aliphatic heterocycles. The van der Waals surface area contributed by atoms with Gasteiger partial charge >= 0.3 is 0 Å². The Morgan fingerprint density at radius 2 is 2.19 bits per heavy atom. The molecule has 3 nitrogen and oxygen atoms in total. The van der Waals surface area contributed by atoms with Crippen molar-refractivity contribution in [3.8, 4) is 0 Å². The number of para-hydroxylation sites is 2. The molecule has 0 amide bonds. The van der Waals surface area contributed by atoms with E-state index in [-0.39, 0.29) is 5.92 Å². The molecule has 0 aliphatic carbocycles. The van der Waals surface area contributed by atoms with Crippen molar-refractivity contribution in [1.82, 2.24) is 9.55 Å². The molecule has 0 fully saturated rings. The molecule has 16 heavy (non-hydrogen) atoms. The summed E-state index contributed by atoms with van der Waals surface area (Å²) < 4.78 is 1.98. The summed E-state index contributed by atoms with van der Waals surface area (Å²) in [6.07, 6.45) is 0. The van der Waals surface area contributed by atoms with Crippen LogP contribution in [0, 0.1) is 5.92 Å². The van der Waals surface area contributed by atoms with Gasteiger partial charge in [0.05, 0.1) is 11.0 Å². The first-order valence-electron chi connectivity index (χ1n) is 5.46. The summed E-state index contributed by atoms with van der Waals surface area (Å²) >= 11 is 1.63. The minimum Gasteiger partial charge on any atom is -0.369 e. The van der Waals surface area contributed by atoms with Crippen molar-refractivity contribution in [2.45, 2.75) is 24.7 Å². The third-order valence-corrected chi connectivity index (χ3v) is 4.36. The number of imidazole rings is 1. The second-order valence-corrected chi connectivity index (χ2v) is 5.48. The monoisotopic (exact) mass is 234 g/mol. The standard InChI is InChI=1S/C12H14N2OS/c1-8(2)12(15)7-16-11-13-9-5-3-4-6-10(9)14(11)12/h3-6,8,15H,7H2,1-2H3.